The molecule has 1 saturated carbocycles. The molecule has 2 atom stereocenters. The zero-order chi connectivity index (χ0) is 13.9. The van der Waals surface area contributed by atoms with Crippen molar-refractivity contribution in [1.82, 2.24) is 4.72 Å². The molecule has 0 aromatic heterocycles. The molecule has 0 saturated heterocycles. The second-order valence-corrected chi connectivity index (χ2v) is 6.53. The number of nitrogens with zero attached hydrogens (tertiary/aromatic N) is 1. The molecule has 0 spiro atoms. The summed E-state index contributed by atoms with van der Waals surface area (Å²) in [4.78, 5) is 0.115. The summed E-state index contributed by atoms with van der Waals surface area (Å²) in [5, 5.41) is 8.81. The van der Waals surface area contributed by atoms with Crippen LogP contribution in [-0.2, 0) is 10.0 Å². The van der Waals surface area contributed by atoms with E-state index in [0.29, 0.717) is 5.56 Å². The van der Waals surface area contributed by atoms with Crippen molar-refractivity contribution in [2.75, 3.05) is 0 Å². The van der Waals surface area contributed by atoms with Crippen molar-refractivity contribution in [3.8, 4) is 6.07 Å². The zero-order valence-electron chi connectivity index (χ0n) is 10.5. The Bertz CT molecular complexity index is 592. The molecule has 3 N–H and O–H groups in total. The fraction of sp³-hybridized carbons (Fsp3) is 0.462. The van der Waals surface area contributed by atoms with Crippen LogP contribution in [0.3, 0.4) is 0 Å². The minimum atomic E-state index is -3.61. The summed E-state index contributed by atoms with van der Waals surface area (Å²) in [6.45, 7) is 0. The first kappa shape index (κ1) is 14.0. The van der Waals surface area contributed by atoms with Gasteiger partial charge in [-0.1, -0.05) is 18.9 Å². The highest BCUT2D eigenvalue weighted by atomic mass is 32.2. The Morgan fingerprint density at radius 2 is 2.05 bits per heavy atom. The lowest BCUT2D eigenvalue weighted by molar-refractivity contribution is 0.361. The van der Waals surface area contributed by atoms with E-state index in [9.17, 15) is 8.42 Å². The predicted molar refractivity (Wildman–Crippen MR) is 71.7 cm³/mol. The maximum atomic E-state index is 12.2. The molecule has 1 aromatic rings. The minimum Gasteiger partial charge on any atom is -0.326 e. The number of nitrogens with two attached hydrogens (primary N) is 1. The standard InChI is InChI=1S/C13H17N3O2S/c14-9-10-4-3-5-11(8-10)19(17,18)16-13-7-2-1-6-12(13)15/h3-5,8,12-13,16H,1-2,6-7,15H2/t12-,13-/m1/s1. The summed E-state index contributed by atoms with van der Waals surface area (Å²) in [5.41, 5.74) is 6.27. The Hall–Kier alpha value is -1.42. The number of nitrogens with one attached hydrogen (secondary N) is 1. The largest absolute Gasteiger partial charge is 0.326 e. The Labute approximate surface area is 113 Å². The third-order valence-electron chi connectivity index (χ3n) is 3.40. The van der Waals surface area contributed by atoms with Gasteiger partial charge >= 0.3 is 0 Å². The van der Waals surface area contributed by atoms with Gasteiger partial charge in [-0.15, -0.1) is 0 Å². The van der Waals surface area contributed by atoms with Crippen molar-refractivity contribution >= 4 is 10.0 Å². The lowest BCUT2D eigenvalue weighted by atomic mass is 9.92. The lowest BCUT2D eigenvalue weighted by Crippen LogP contribution is -2.49. The molecular weight excluding hydrogens is 262 g/mol. The van der Waals surface area contributed by atoms with E-state index in [1.165, 1.54) is 12.1 Å². The third kappa shape index (κ3) is 3.32. The molecule has 0 aliphatic heterocycles. The maximum Gasteiger partial charge on any atom is 0.240 e. The molecule has 1 aliphatic rings. The Morgan fingerprint density at radius 1 is 1.32 bits per heavy atom. The molecule has 102 valence electrons. The zero-order valence-corrected chi connectivity index (χ0v) is 11.4. The fourth-order valence-corrected chi connectivity index (χ4v) is 3.67. The van der Waals surface area contributed by atoms with Crippen LogP contribution in [0.15, 0.2) is 29.2 Å². The van der Waals surface area contributed by atoms with E-state index in [-0.39, 0.29) is 17.0 Å². The Morgan fingerprint density at radius 3 is 2.74 bits per heavy atom. The predicted octanol–water partition coefficient (Wildman–Crippen LogP) is 1.11. The Kier molecular flexibility index (Phi) is 4.20. The van der Waals surface area contributed by atoms with Gasteiger partial charge in [-0.25, -0.2) is 13.1 Å². The van der Waals surface area contributed by atoms with Gasteiger partial charge in [0, 0.05) is 12.1 Å². The van der Waals surface area contributed by atoms with Gasteiger partial charge in [-0.05, 0) is 31.0 Å². The molecule has 0 bridgehead atoms. The summed E-state index contributed by atoms with van der Waals surface area (Å²) in [5.74, 6) is 0. The number of sulfonamides is 1. The van der Waals surface area contributed by atoms with Gasteiger partial charge in [-0.3, -0.25) is 0 Å². The van der Waals surface area contributed by atoms with Gasteiger partial charge in [0.25, 0.3) is 0 Å². The average molecular weight is 279 g/mol. The van der Waals surface area contributed by atoms with Crippen molar-refractivity contribution in [1.29, 1.82) is 5.26 Å². The van der Waals surface area contributed by atoms with Crippen molar-refractivity contribution < 1.29 is 8.42 Å². The van der Waals surface area contributed by atoms with E-state index >= 15 is 0 Å². The molecule has 0 unspecified atom stereocenters. The monoisotopic (exact) mass is 279 g/mol. The maximum absolute atomic E-state index is 12.2. The molecule has 6 heteroatoms. The first-order valence-electron chi connectivity index (χ1n) is 6.31. The summed E-state index contributed by atoms with van der Waals surface area (Å²) >= 11 is 0. The van der Waals surface area contributed by atoms with Crippen molar-refractivity contribution in [3.63, 3.8) is 0 Å². The van der Waals surface area contributed by atoms with E-state index in [0.717, 1.165) is 25.7 Å². The van der Waals surface area contributed by atoms with Gasteiger partial charge in [-0.2, -0.15) is 5.26 Å². The lowest BCUT2D eigenvalue weighted by Gasteiger charge is -2.29. The van der Waals surface area contributed by atoms with E-state index < -0.39 is 10.0 Å². The van der Waals surface area contributed by atoms with Gasteiger partial charge in [0.05, 0.1) is 16.5 Å². The van der Waals surface area contributed by atoms with Crippen LogP contribution in [0.4, 0.5) is 0 Å². The second kappa shape index (κ2) is 5.70. The SMILES string of the molecule is N#Cc1cccc(S(=O)(=O)N[C@@H]2CCCC[C@H]2N)c1. The highest BCUT2D eigenvalue weighted by Gasteiger charge is 2.27. The van der Waals surface area contributed by atoms with Crippen LogP contribution < -0.4 is 10.5 Å². The smallest absolute Gasteiger partial charge is 0.240 e. The topological polar surface area (TPSA) is 96.0 Å². The fourth-order valence-electron chi connectivity index (χ4n) is 2.31. The average Bonchev–Trinajstić information content (AvgIpc) is 2.41. The van der Waals surface area contributed by atoms with Crippen LogP contribution in [0.5, 0.6) is 0 Å². The van der Waals surface area contributed by atoms with Crippen LogP contribution in [0.1, 0.15) is 31.2 Å². The molecule has 1 aliphatic carbocycles. The van der Waals surface area contributed by atoms with Crippen LogP contribution in [0.25, 0.3) is 0 Å². The van der Waals surface area contributed by atoms with Gasteiger partial charge in [0.15, 0.2) is 0 Å². The number of benzene rings is 1. The van der Waals surface area contributed by atoms with Gasteiger partial charge < -0.3 is 5.73 Å². The van der Waals surface area contributed by atoms with Crippen molar-refractivity contribution in [2.24, 2.45) is 5.73 Å². The van der Waals surface area contributed by atoms with Crippen molar-refractivity contribution in [3.05, 3.63) is 29.8 Å². The van der Waals surface area contributed by atoms with Crippen LogP contribution >= 0.6 is 0 Å². The quantitative estimate of drug-likeness (QED) is 0.866. The molecule has 19 heavy (non-hydrogen) atoms. The number of nitriles is 1. The summed E-state index contributed by atoms with van der Waals surface area (Å²) in [6, 6.07) is 7.57. The summed E-state index contributed by atoms with van der Waals surface area (Å²) in [7, 11) is -3.61. The van der Waals surface area contributed by atoms with Crippen LogP contribution in [0, 0.1) is 11.3 Å². The molecule has 1 aromatic carbocycles. The first-order chi connectivity index (χ1) is 9.03. The molecular formula is C13H17N3O2S. The molecule has 0 heterocycles. The van der Waals surface area contributed by atoms with Crippen LogP contribution in [-0.4, -0.2) is 20.5 Å². The summed E-state index contributed by atoms with van der Waals surface area (Å²) in [6.07, 6.45) is 3.63. The normalized spacial score (nSPS) is 23.8. The highest BCUT2D eigenvalue weighted by molar-refractivity contribution is 7.89. The van der Waals surface area contributed by atoms with Crippen LogP contribution in [0.2, 0.25) is 0 Å². The van der Waals surface area contributed by atoms with E-state index in [4.69, 9.17) is 11.0 Å². The second-order valence-electron chi connectivity index (χ2n) is 4.82. The molecule has 2 rings (SSSR count). The first-order valence-corrected chi connectivity index (χ1v) is 7.79. The van der Waals surface area contributed by atoms with Gasteiger partial charge in [0.2, 0.25) is 10.0 Å². The van der Waals surface area contributed by atoms with E-state index in [1.54, 1.807) is 12.1 Å². The van der Waals surface area contributed by atoms with Gasteiger partial charge in [0.1, 0.15) is 0 Å². The third-order valence-corrected chi connectivity index (χ3v) is 4.89. The number of hydrogen-bond acceptors (Lipinski definition) is 4. The van der Waals surface area contributed by atoms with Crippen molar-refractivity contribution in [2.45, 2.75) is 42.7 Å². The van der Waals surface area contributed by atoms with E-state index in [1.807, 2.05) is 6.07 Å². The molecule has 5 nitrogen and oxygen atoms in total. The molecule has 0 amide bonds. The Balaban J connectivity index is 2.20. The summed E-state index contributed by atoms with van der Waals surface area (Å²) < 4.78 is 27.1. The number of rotatable bonds is 3. The minimum absolute atomic E-state index is 0.115. The molecule has 0 radical (unpaired) electrons. The number of hydrogen-bond donors (Lipinski definition) is 2. The van der Waals surface area contributed by atoms with E-state index in [2.05, 4.69) is 4.72 Å². The molecule has 1 fully saturated rings. The highest BCUT2D eigenvalue weighted by Crippen LogP contribution is 2.19.